The fourth-order valence-electron chi connectivity index (χ4n) is 2.24. The van der Waals surface area contributed by atoms with Gasteiger partial charge in [0.25, 0.3) is 0 Å². The first-order valence-electron chi connectivity index (χ1n) is 6.95. The van der Waals surface area contributed by atoms with Crippen LogP contribution < -0.4 is 9.47 Å². The molecule has 0 aliphatic rings. The molecule has 0 N–H and O–H groups in total. The molecule has 114 valence electrons. The molecule has 0 amide bonds. The molecule has 3 rings (SSSR count). The second kappa shape index (κ2) is 6.51. The molecule has 0 radical (unpaired) electrons. The summed E-state index contributed by atoms with van der Waals surface area (Å²) in [6, 6.07) is 15.5. The maximum Gasteiger partial charge on any atom is 0.135 e. The normalized spacial score (nSPS) is 11.3. The molecule has 4 nitrogen and oxygen atoms in total. The van der Waals surface area contributed by atoms with Crippen molar-refractivity contribution in [3.63, 3.8) is 0 Å². The Bertz CT molecular complexity index is 889. The SMILES string of the molecule is COc1ccc(OC)c(/C=C(\C#N)c2nc3ccccc3s2)c1. The lowest BCUT2D eigenvalue weighted by Crippen LogP contribution is -1.90. The van der Waals surface area contributed by atoms with Gasteiger partial charge < -0.3 is 9.47 Å². The second-order valence-electron chi connectivity index (χ2n) is 4.76. The van der Waals surface area contributed by atoms with E-state index >= 15 is 0 Å². The van der Waals surface area contributed by atoms with Crippen molar-refractivity contribution in [2.75, 3.05) is 14.2 Å². The Kier molecular flexibility index (Phi) is 4.26. The minimum absolute atomic E-state index is 0.498. The molecule has 23 heavy (non-hydrogen) atoms. The number of para-hydroxylation sites is 1. The molecule has 5 heteroatoms. The second-order valence-corrected chi connectivity index (χ2v) is 5.80. The Hall–Kier alpha value is -2.84. The molecule has 0 spiro atoms. The van der Waals surface area contributed by atoms with Gasteiger partial charge in [-0.05, 0) is 36.4 Å². The smallest absolute Gasteiger partial charge is 0.135 e. The van der Waals surface area contributed by atoms with E-state index in [1.54, 1.807) is 20.3 Å². The molecular weight excluding hydrogens is 308 g/mol. The van der Waals surface area contributed by atoms with Gasteiger partial charge in [-0.15, -0.1) is 11.3 Å². The summed E-state index contributed by atoms with van der Waals surface area (Å²) in [5, 5.41) is 10.2. The zero-order valence-electron chi connectivity index (χ0n) is 12.7. The van der Waals surface area contributed by atoms with Crippen LogP contribution in [0, 0.1) is 11.3 Å². The third-order valence-electron chi connectivity index (χ3n) is 3.38. The number of benzene rings is 2. The summed E-state index contributed by atoms with van der Waals surface area (Å²) in [5.41, 5.74) is 2.17. The van der Waals surface area contributed by atoms with Gasteiger partial charge in [0, 0.05) is 5.56 Å². The fraction of sp³-hybridized carbons (Fsp3) is 0.111. The summed E-state index contributed by atoms with van der Waals surface area (Å²) in [6.45, 7) is 0. The third kappa shape index (κ3) is 3.03. The number of ether oxygens (including phenoxy) is 2. The van der Waals surface area contributed by atoms with Gasteiger partial charge in [0.2, 0.25) is 0 Å². The number of hydrogen-bond donors (Lipinski definition) is 0. The summed E-state index contributed by atoms with van der Waals surface area (Å²) in [4.78, 5) is 4.53. The summed E-state index contributed by atoms with van der Waals surface area (Å²) in [6.07, 6.45) is 1.78. The maximum atomic E-state index is 9.53. The Morgan fingerprint density at radius 1 is 1.17 bits per heavy atom. The highest BCUT2D eigenvalue weighted by molar-refractivity contribution is 7.19. The van der Waals surface area contributed by atoms with Crippen LogP contribution in [0.15, 0.2) is 42.5 Å². The van der Waals surface area contributed by atoms with E-state index in [0.717, 1.165) is 15.8 Å². The van der Waals surface area contributed by atoms with E-state index in [0.29, 0.717) is 22.1 Å². The van der Waals surface area contributed by atoms with Gasteiger partial charge in [-0.1, -0.05) is 12.1 Å². The summed E-state index contributed by atoms with van der Waals surface area (Å²) < 4.78 is 11.7. The number of methoxy groups -OCH3 is 2. The van der Waals surface area contributed by atoms with Crippen molar-refractivity contribution in [3.05, 3.63) is 53.0 Å². The van der Waals surface area contributed by atoms with Crippen molar-refractivity contribution in [2.45, 2.75) is 0 Å². The molecule has 0 aliphatic carbocycles. The highest BCUT2D eigenvalue weighted by atomic mass is 32.1. The zero-order valence-corrected chi connectivity index (χ0v) is 13.6. The van der Waals surface area contributed by atoms with Crippen molar-refractivity contribution >= 4 is 33.2 Å². The molecule has 0 saturated carbocycles. The number of aromatic nitrogens is 1. The Morgan fingerprint density at radius 2 is 2.00 bits per heavy atom. The monoisotopic (exact) mass is 322 g/mol. The van der Waals surface area contributed by atoms with E-state index in [2.05, 4.69) is 11.1 Å². The van der Waals surface area contributed by atoms with Gasteiger partial charge in [0.05, 0.1) is 30.0 Å². The highest BCUT2D eigenvalue weighted by Gasteiger charge is 2.10. The van der Waals surface area contributed by atoms with Crippen molar-refractivity contribution in [1.82, 2.24) is 4.98 Å². The van der Waals surface area contributed by atoms with E-state index in [4.69, 9.17) is 9.47 Å². The number of rotatable bonds is 4. The van der Waals surface area contributed by atoms with Crippen LogP contribution in [-0.4, -0.2) is 19.2 Å². The number of nitrogens with zero attached hydrogens (tertiary/aromatic N) is 2. The van der Waals surface area contributed by atoms with Crippen molar-refractivity contribution in [1.29, 1.82) is 5.26 Å². The lowest BCUT2D eigenvalue weighted by Gasteiger charge is -2.07. The summed E-state index contributed by atoms with van der Waals surface area (Å²) in [5.74, 6) is 1.39. The largest absolute Gasteiger partial charge is 0.497 e. The van der Waals surface area contributed by atoms with Crippen LogP contribution in [0.2, 0.25) is 0 Å². The minimum Gasteiger partial charge on any atom is -0.497 e. The average molecular weight is 322 g/mol. The molecule has 3 aromatic rings. The molecule has 1 heterocycles. The Labute approximate surface area is 138 Å². The number of nitriles is 1. The van der Waals surface area contributed by atoms with Crippen molar-refractivity contribution < 1.29 is 9.47 Å². The van der Waals surface area contributed by atoms with E-state index < -0.39 is 0 Å². The fourth-order valence-corrected chi connectivity index (χ4v) is 3.17. The average Bonchev–Trinajstić information content (AvgIpc) is 3.03. The van der Waals surface area contributed by atoms with E-state index in [1.165, 1.54) is 11.3 Å². The first-order valence-corrected chi connectivity index (χ1v) is 7.76. The van der Waals surface area contributed by atoms with E-state index in [-0.39, 0.29) is 0 Å². The topological polar surface area (TPSA) is 55.1 Å². The van der Waals surface area contributed by atoms with Crippen LogP contribution in [0.1, 0.15) is 10.6 Å². The number of fused-ring (bicyclic) bond motifs is 1. The van der Waals surface area contributed by atoms with Gasteiger partial charge in [-0.25, -0.2) is 4.98 Å². The molecule has 0 fully saturated rings. The minimum atomic E-state index is 0.498. The van der Waals surface area contributed by atoms with Gasteiger partial charge >= 0.3 is 0 Å². The van der Waals surface area contributed by atoms with Crippen molar-refractivity contribution in [3.8, 4) is 17.6 Å². The van der Waals surface area contributed by atoms with Crippen molar-refractivity contribution in [2.24, 2.45) is 0 Å². The third-order valence-corrected chi connectivity index (χ3v) is 4.45. The maximum absolute atomic E-state index is 9.53. The van der Waals surface area contributed by atoms with Crippen LogP contribution >= 0.6 is 11.3 Å². The standard InChI is InChI=1S/C18H14N2O2S/c1-21-14-7-8-16(22-2)12(10-14)9-13(11-19)18-20-15-5-3-4-6-17(15)23-18/h3-10H,1-2H3/b13-9+. The predicted molar refractivity (Wildman–Crippen MR) is 92.7 cm³/mol. The molecule has 0 atom stereocenters. The lowest BCUT2D eigenvalue weighted by molar-refractivity contribution is 0.402. The first-order chi connectivity index (χ1) is 11.2. The zero-order chi connectivity index (χ0) is 16.2. The molecule has 0 saturated heterocycles. The Balaban J connectivity index is 2.10. The summed E-state index contributed by atoms with van der Waals surface area (Å²) >= 11 is 1.50. The van der Waals surface area contributed by atoms with Crippen LogP contribution in [0.3, 0.4) is 0 Å². The lowest BCUT2D eigenvalue weighted by atomic mass is 10.1. The number of allylic oxidation sites excluding steroid dienone is 1. The van der Waals surface area contributed by atoms with Crippen LogP contribution in [-0.2, 0) is 0 Å². The molecule has 0 bridgehead atoms. The number of thiazole rings is 1. The summed E-state index contributed by atoms with van der Waals surface area (Å²) in [7, 11) is 3.21. The number of hydrogen-bond acceptors (Lipinski definition) is 5. The van der Waals surface area contributed by atoms with Gasteiger partial charge in [-0.3, -0.25) is 0 Å². The van der Waals surface area contributed by atoms with Gasteiger partial charge in [0.1, 0.15) is 22.6 Å². The quantitative estimate of drug-likeness (QED) is 0.669. The molecule has 0 aliphatic heterocycles. The van der Waals surface area contributed by atoms with Gasteiger partial charge in [-0.2, -0.15) is 5.26 Å². The molecule has 0 unspecified atom stereocenters. The van der Waals surface area contributed by atoms with E-state index in [9.17, 15) is 5.26 Å². The molecule has 1 aromatic heterocycles. The predicted octanol–water partition coefficient (Wildman–Crippen LogP) is 4.38. The first kappa shape index (κ1) is 15.1. The van der Waals surface area contributed by atoms with Gasteiger partial charge in [0.15, 0.2) is 0 Å². The Morgan fingerprint density at radius 3 is 2.70 bits per heavy atom. The van der Waals surface area contributed by atoms with Crippen LogP contribution in [0.5, 0.6) is 11.5 Å². The van der Waals surface area contributed by atoms with Crippen LogP contribution in [0.4, 0.5) is 0 Å². The highest BCUT2D eigenvalue weighted by Crippen LogP contribution is 2.31. The molecular formula is C18H14N2O2S. The van der Waals surface area contributed by atoms with E-state index in [1.807, 2.05) is 42.5 Å². The van der Waals surface area contributed by atoms with Crippen LogP contribution in [0.25, 0.3) is 21.9 Å². The molecule has 2 aromatic carbocycles.